The highest BCUT2D eigenvalue weighted by atomic mass is 16.5. The first-order valence-corrected chi connectivity index (χ1v) is 5.54. The average molecular weight is 181 g/mol. The minimum Gasteiger partial charge on any atom is -0.189 e. The molecule has 3 atom stereocenters. The molecular weight excluding hydrogens is 160 g/mol. The Morgan fingerprint density at radius 2 is 1.92 bits per heavy atom. The van der Waals surface area contributed by atoms with Gasteiger partial charge in [-0.05, 0) is 40.0 Å². The second-order valence-corrected chi connectivity index (χ2v) is 5.67. The van der Waals surface area contributed by atoms with Gasteiger partial charge in [0.1, 0.15) is 17.4 Å². The van der Waals surface area contributed by atoms with Crippen molar-refractivity contribution in [2.45, 2.75) is 53.1 Å². The van der Waals surface area contributed by atoms with E-state index in [1.54, 1.807) is 0 Å². The summed E-state index contributed by atoms with van der Waals surface area (Å²) in [6.45, 7) is 9.18. The van der Waals surface area contributed by atoms with E-state index in [-0.39, 0.29) is 5.41 Å². The van der Waals surface area contributed by atoms with Gasteiger partial charge in [0, 0.05) is 5.92 Å². The van der Waals surface area contributed by atoms with Crippen LogP contribution in [0.2, 0.25) is 0 Å². The maximum Gasteiger partial charge on any atom is 0.250 e. The second kappa shape index (κ2) is 2.91. The molecule has 74 valence electrons. The van der Waals surface area contributed by atoms with Crippen LogP contribution in [0.1, 0.15) is 47.0 Å². The molecule has 1 heteroatoms. The van der Waals surface area contributed by atoms with Crippen LogP contribution in [-0.2, 0) is 4.74 Å². The largest absolute Gasteiger partial charge is 0.250 e. The van der Waals surface area contributed by atoms with Gasteiger partial charge in [0.15, 0.2) is 0 Å². The number of fused-ring (bicyclic) bond motifs is 2. The number of hydrogen-bond donors (Lipinski definition) is 0. The third-order valence-electron chi connectivity index (χ3n) is 3.58. The zero-order valence-electron chi connectivity index (χ0n) is 9.26. The van der Waals surface area contributed by atoms with Crippen LogP contribution >= 0.6 is 0 Å². The Morgan fingerprint density at radius 1 is 1.23 bits per heavy atom. The second-order valence-electron chi connectivity index (χ2n) is 5.67. The van der Waals surface area contributed by atoms with Gasteiger partial charge < -0.3 is 0 Å². The quantitative estimate of drug-likeness (QED) is 0.520. The van der Waals surface area contributed by atoms with Gasteiger partial charge in [-0.25, -0.2) is 0 Å². The fraction of sp³-hybridized carbons (Fsp3) is 0.917. The van der Waals surface area contributed by atoms with E-state index in [0.29, 0.717) is 6.10 Å². The van der Waals surface area contributed by atoms with Crippen molar-refractivity contribution in [1.82, 2.24) is 0 Å². The summed E-state index contributed by atoms with van der Waals surface area (Å²) in [5.74, 6) is 1.52. The molecule has 0 aromatic carbocycles. The summed E-state index contributed by atoms with van der Waals surface area (Å²) in [7, 11) is 0. The molecule has 13 heavy (non-hydrogen) atoms. The fourth-order valence-electron chi connectivity index (χ4n) is 2.84. The minimum absolute atomic E-state index is 0.248. The third kappa shape index (κ3) is 1.48. The lowest BCUT2D eigenvalue weighted by molar-refractivity contribution is 0.0508. The molecule has 0 aromatic rings. The average Bonchev–Trinajstić information content (AvgIpc) is 2.27. The number of ether oxygens (including phenoxy) is 1. The number of hydrogen-bond acceptors (Lipinski definition) is 1. The van der Waals surface area contributed by atoms with Crippen molar-refractivity contribution < 1.29 is 4.74 Å². The van der Waals surface area contributed by atoms with Crippen LogP contribution in [0.25, 0.3) is 0 Å². The van der Waals surface area contributed by atoms with Gasteiger partial charge >= 0.3 is 0 Å². The van der Waals surface area contributed by atoms with Crippen LogP contribution < -0.4 is 0 Å². The van der Waals surface area contributed by atoms with E-state index in [1.165, 1.54) is 25.4 Å². The maximum atomic E-state index is 6.08. The monoisotopic (exact) mass is 181 g/mol. The lowest BCUT2D eigenvalue weighted by Gasteiger charge is -2.21. The van der Waals surface area contributed by atoms with E-state index >= 15 is 0 Å². The zero-order chi connectivity index (χ0) is 9.64. The van der Waals surface area contributed by atoms with Crippen LogP contribution in [0.15, 0.2) is 0 Å². The highest BCUT2D eigenvalue weighted by Crippen LogP contribution is 2.52. The van der Waals surface area contributed by atoms with Crippen LogP contribution in [-0.4, -0.2) is 6.10 Å². The predicted molar refractivity (Wildman–Crippen MR) is 54.1 cm³/mol. The Morgan fingerprint density at radius 3 is 2.46 bits per heavy atom. The summed E-state index contributed by atoms with van der Waals surface area (Å²) in [5, 5.41) is 0. The van der Waals surface area contributed by atoms with E-state index in [0.717, 1.165) is 11.8 Å². The molecule has 1 nitrogen and oxygen atoms in total. The van der Waals surface area contributed by atoms with E-state index < -0.39 is 0 Å². The van der Waals surface area contributed by atoms with Crippen molar-refractivity contribution in [2.75, 3.05) is 0 Å². The van der Waals surface area contributed by atoms with Crippen LogP contribution in [0, 0.1) is 23.4 Å². The Balaban J connectivity index is 2.16. The van der Waals surface area contributed by atoms with Crippen molar-refractivity contribution in [3.8, 4) is 0 Å². The van der Waals surface area contributed by atoms with Crippen molar-refractivity contribution in [3.05, 3.63) is 6.10 Å². The van der Waals surface area contributed by atoms with Crippen LogP contribution in [0.4, 0.5) is 0 Å². The lowest BCUT2D eigenvalue weighted by atomic mass is 9.72. The van der Waals surface area contributed by atoms with E-state index in [9.17, 15) is 0 Å². The predicted octanol–water partition coefficient (Wildman–Crippen LogP) is 3.40. The van der Waals surface area contributed by atoms with Crippen molar-refractivity contribution in [2.24, 2.45) is 17.3 Å². The molecule has 0 radical (unpaired) electrons. The summed E-state index contributed by atoms with van der Waals surface area (Å²) in [6.07, 6.45) is 5.90. The summed E-state index contributed by atoms with van der Waals surface area (Å²) >= 11 is 0. The smallest absolute Gasteiger partial charge is 0.189 e. The molecule has 1 saturated heterocycles. The van der Waals surface area contributed by atoms with Crippen LogP contribution in [0.3, 0.4) is 0 Å². The molecule has 0 N–H and O–H groups in total. The Hall–Kier alpha value is -0.170. The zero-order valence-corrected chi connectivity index (χ0v) is 9.26. The molecule has 1 heterocycles. The van der Waals surface area contributed by atoms with Gasteiger partial charge in [-0.2, -0.15) is 4.74 Å². The molecular formula is C12H21O+. The normalized spacial score (nSPS) is 39.7. The highest BCUT2D eigenvalue weighted by Gasteiger charge is 2.59. The first-order valence-electron chi connectivity index (χ1n) is 5.54. The molecule has 2 rings (SSSR count). The van der Waals surface area contributed by atoms with Gasteiger partial charge in [0.05, 0.1) is 0 Å². The molecule has 2 fully saturated rings. The lowest BCUT2D eigenvalue weighted by Crippen LogP contribution is -2.26. The maximum absolute atomic E-state index is 6.08. The SMILES string of the molecule is CC1C2CCCC1[C+](C(C)(C)C)O2. The fourth-order valence-corrected chi connectivity index (χ4v) is 2.84. The topological polar surface area (TPSA) is 9.23 Å². The molecule has 3 unspecified atom stereocenters. The van der Waals surface area contributed by atoms with E-state index in [1.807, 2.05) is 0 Å². The summed E-state index contributed by atoms with van der Waals surface area (Å²) in [4.78, 5) is 0. The van der Waals surface area contributed by atoms with Gasteiger partial charge in [-0.15, -0.1) is 0 Å². The Kier molecular flexibility index (Phi) is 2.10. The molecule has 0 aromatic heterocycles. The molecule has 2 bridgehead atoms. The van der Waals surface area contributed by atoms with Crippen LogP contribution in [0.5, 0.6) is 0 Å². The standard InChI is InChI=1S/C12H21O/c1-8-9-6-5-7-10(8)13-11(9)12(2,3)4/h8-10H,5-7H2,1-4H3/q+1. The van der Waals surface area contributed by atoms with Crippen molar-refractivity contribution >= 4 is 0 Å². The molecule has 0 amide bonds. The third-order valence-corrected chi connectivity index (χ3v) is 3.58. The van der Waals surface area contributed by atoms with Gasteiger partial charge in [0.2, 0.25) is 6.10 Å². The first kappa shape index (κ1) is 9.39. The Bertz CT molecular complexity index is 192. The van der Waals surface area contributed by atoms with Gasteiger partial charge in [0.25, 0.3) is 0 Å². The summed E-state index contributed by atoms with van der Waals surface area (Å²) in [5.41, 5.74) is 0.248. The molecule has 1 aliphatic heterocycles. The van der Waals surface area contributed by atoms with Gasteiger partial charge in [-0.1, -0.05) is 6.92 Å². The Labute approximate surface area is 81.9 Å². The van der Waals surface area contributed by atoms with E-state index in [2.05, 4.69) is 27.7 Å². The van der Waals surface area contributed by atoms with E-state index in [4.69, 9.17) is 4.74 Å². The highest BCUT2D eigenvalue weighted by molar-refractivity contribution is 5.08. The molecule has 1 aliphatic carbocycles. The molecule has 2 aliphatic rings. The van der Waals surface area contributed by atoms with Gasteiger partial charge in [-0.3, -0.25) is 0 Å². The molecule has 1 saturated carbocycles. The summed E-state index contributed by atoms with van der Waals surface area (Å²) < 4.78 is 6.08. The molecule has 0 spiro atoms. The minimum atomic E-state index is 0.248. The first-order chi connectivity index (χ1) is 6.00. The number of rotatable bonds is 0. The van der Waals surface area contributed by atoms with Crippen molar-refractivity contribution in [3.63, 3.8) is 0 Å². The van der Waals surface area contributed by atoms with Crippen molar-refractivity contribution in [1.29, 1.82) is 0 Å². The summed E-state index contributed by atoms with van der Waals surface area (Å²) in [6, 6.07) is 0.